The maximum atomic E-state index is 15.5. The molecule has 2 aromatic carbocycles. The van der Waals surface area contributed by atoms with E-state index in [0.29, 0.717) is 24.1 Å². The van der Waals surface area contributed by atoms with Crippen LogP contribution in [0.15, 0.2) is 48.6 Å². The molecule has 0 bridgehead atoms. The number of aryl methyl sites for hydroxylation is 1. The number of esters is 1. The molecule has 0 spiro atoms. The maximum absolute atomic E-state index is 15.5. The Hall–Kier alpha value is -3.60. The first kappa shape index (κ1) is 32.6. The molecule has 0 heterocycles. The lowest BCUT2D eigenvalue weighted by Crippen LogP contribution is -2.38. The van der Waals surface area contributed by atoms with Crippen molar-refractivity contribution in [1.82, 2.24) is 5.32 Å². The van der Waals surface area contributed by atoms with Crippen LogP contribution in [0.2, 0.25) is 0 Å². The summed E-state index contributed by atoms with van der Waals surface area (Å²) < 4.78 is 91.4. The zero-order valence-electron chi connectivity index (χ0n) is 22.3. The van der Waals surface area contributed by atoms with E-state index in [1.165, 1.54) is 13.8 Å². The molecular formula is C29H31F6NO4. The normalized spacial score (nSPS) is 13.2. The molecule has 0 radical (unpaired) electrons. The molecule has 40 heavy (non-hydrogen) atoms. The van der Waals surface area contributed by atoms with Crippen LogP contribution in [0.3, 0.4) is 0 Å². The Balaban J connectivity index is 2.80. The van der Waals surface area contributed by atoms with Gasteiger partial charge < -0.3 is 15.2 Å². The molecule has 0 saturated carbocycles. The van der Waals surface area contributed by atoms with Gasteiger partial charge in [-0.05, 0) is 62.9 Å². The highest BCUT2D eigenvalue weighted by molar-refractivity contribution is 5.82. The molecule has 2 N–H and O–H groups in total. The molecule has 0 fully saturated rings. The third-order valence-corrected chi connectivity index (χ3v) is 5.86. The summed E-state index contributed by atoms with van der Waals surface area (Å²) in [7, 11) is 0. The number of hydrogen-bond donors (Lipinski definition) is 2. The number of nitrogens with one attached hydrogen (secondary N) is 1. The Morgan fingerprint density at radius 2 is 1.80 bits per heavy atom. The molecule has 0 aliphatic carbocycles. The number of alkyl halides is 3. The average Bonchev–Trinajstić information content (AvgIpc) is 2.83. The van der Waals surface area contributed by atoms with Gasteiger partial charge in [-0.2, -0.15) is 13.2 Å². The van der Waals surface area contributed by atoms with Gasteiger partial charge in [0.2, 0.25) is 5.91 Å². The number of carbonyl (C=O) groups excluding carboxylic acids is 2. The molecule has 11 heteroatoms. The van der Waals surface area contributed by atoms with Crippen molar-refractivity contribution >= 4 is 11.9 Å². The van der Waals surface area contributed by atoms with E-state index in [2.05, 4.69) is 11.9 Å². The second kappa shape index (κ2) is 14.2. The van der Waals surface area contributed by atoms with Crippen LogP contribution in [-0.4, -0.2) is 29.7 Å². The molecule has 5 nitrogen and oxygen atoms in total. The molecule has 218 valence electrons. The van der Waals surface area contributed by atoms with Gasteiger partial charge in [0, 0.05) is 23.6 Å². The van der Waals surface area contributed by atoms with Crippen molar-refractivity contribution in [3.8, 4) is 11.1 Å². The minimum atomic E-state index is -5.26. The second-order valence-electron chi connectivity index (χ2n) is 9.20. The standard InChI is InChI=1S/C29H31F6NO4/c1-5-7-8-9-17-11-19(30)14-22(31)26(17)18-12-20(27(32)21(13-18)29(33,34)35)23(15-25(38)40-6-2)36-28(39)24(37)10-16(3)4/h5,7,11-14,23-24,37H,3,6,8-10,15H2,1-2,4H3,(H,36,39)/t23-,24+/m0/s1. The van der Waals surface area contributed by atoms with Crippen molar-refractivity contribution in [1.29, 1.82) is 0 Å². The van der Waals surface area contributed by atoms with Crippen LogP contribution in [0.4, 0.5) is 26.3 Å². The first-order chi connectivity index (χ1) is 18.7. The van der Waals surface area contributed by atoms with Gasteiger partial charge in [-0.1, -0.05) is 17.7 Å². The van der Waals surface area contributed by atoms with Gasteiger partial charge in [-0.25, -0.2) is 13.2 Å². The molecule has 1 amide bonds. The Morgan fingerprint density at radius 3 is 2.38 bits per heavy atom. The van der Waals surface area contributed by atoms with E-state index in [1.807, 2.05) is 0 Å². The minimum Gasteiger partial charge on any atom is -0.466 e. The molecule has 2 rings (SSSR count). The van der Waals surface area contributed by atoms with Crippen LogP contribution >= 0.6 is 0 Å². The van der Waals surface area contributed by atoms with Gasteiger partial charge in [0.25, 0.3) is 0 Å². The van der Waals surface area contributed by atoms with E-state index in [0.717, 1.165) is 12.1 Å². The molecule has 0 aliphatic heterocycles. The first-order valence-corrected chi connectivity index (χ1v) is 12.5. The van der Waals surface area contributed by atoms with E-state index in [1.54, 1.807) is 19.1 Å². The van der Waals surface area contributed by atoms with Gasteiger partial charge in [0.1, 0.15) is 23.6 Å². The van der Waals surface area contributed by atoms with Gasteiger partial charge in [0.15, 0.2) is 0 Å². The molecule has 0 aromatic heterocycles. The number of aliphatic hydroxyl groups is 1. The summed E-state index contributed by atoms with van der Waals surface area (Å²) in [6.07, 6.45) is -4.19. The average molecular weight is 572 g/mol. The maximum Gasteiger partial charge on any atom is 0.419 e. The molecule has 2 atom stereocenters. The zero-order chi connectivity index (χ0) is 30.2. The smallest absolute Gasteiger partial charge is 0.419 e. The van der Waals surface area contributed by atoms with Crippen molar-refractivity contribution in [2.75, 3.05) is 6.61 Å². The van der Waals surface area contributed by atoms with Crippen molar-refractivity contribution in [2.45, 2.75) is 64.8 Å². The SMILES string of the molecule is C=C(C)C[C@@H](O)C(=O)N[C@@H](CC(=O)OCC)c1cc(-c2c(F)cc(F)cc2CCC=CC)cc(C(F)(F)F)c1F. The highest BCUT2D eigenvalue weighted by atomic mass is 19.4. The zero-order valence-corrected chi connectivity index (χ0v) is 22.3. The van der Waals surface area contributed by atoms with Crippen LogP contribution in [0, 0.1) is 17.5 Å². The Kier molecular flexibility index (Phi) is 11.5. The first-order valence-electron chi connectivity index (χ1n) is 12.5. The quantitative estimate of drug-likeness (QED) is 0.168. The lowest BCUT2D eigenvalue weighted by Gasteiger charge is -2.24. The van der Waals surface area contributed by atoms with Gasteiger partial charge >= 0.3 is 12.1 Å². The number of rotatable bonds is 12. The largest absolute Gasteiger partial charge is 0.466 e. The lowest BCUT2D eigenvalue weighted by atomic mass is 9.90. The van der Waals surface area contributed by atoms with Crippen LogP contribution in [0.25, 0.3) is 11.1 Å². The number of amides is 1. The third kappa shape index (κ3) is 8.70. The highest BCUT2D eigenvalue weighted by Gasteiger charge is 2.38. The van der Waals surface area contributed by atoms with Crippen LogP contribution in [-0.2, 0) is 26.9 Å². The summed E-state index contributed by atoms with van der Waals surface area (Å²) in [5.74, 6) is -6.01. The van der Waals surface area contributed by atoms with E-state index >= 15 is 8.78 Å². The number of aliphatic hydroxyl groups excluding tert-OH is 1. The van der Waals surface area contributed by atoms with E-state index in [-0.39, 0.29) is 30.6 Å². The van der Waals surface area contributed by atoms with Gasteiger partial charge in [-0.3, -0.25) is 9.59 Å². The molecule has 2 aromatic rings. The molecule has 0 unspecified atom stereocenters. The van der Waals surface area contributed by atoms with Gasteiger partial charge in [0.05, 0.1) is 24.6 Å². The number of ether oxygens (including phenoxy) is 1. The summed E-state index contributed by atoms with van der Waals surface area (Å²) in [6.45, 7) is 8.18. The lowest BCUT2D eigenvalue weighted by molar-refractivity contribution is -0.144. The van der Waals surface area contributed by atoms with Crippen molar-refractivity contribution in [2.24, 2.45) is 0 Å². The predicted molar refractivity (Wildman–Crippen MR) is 137 cm³/mol. The summed E-state index contributed by atoms with van der Waals surface area (Å²) in [5, 5.41) is 12.4. The summed E-state index contributed by atoms with van der Waals surface area (Å²) in [4.78, 5) is 24.9. The van der Waals surface area contributed by atoms with E-state index < -0.39 is 70.8 Å². The molecular weight excluding hydrogens is 540 g/mol. The number of allylic oxidation sites excluding steroid dienone is 2. The minimum absolute atomic E-state index is 0.0316. The highest BCUT2D eigenvalue weighted by Crippen LogP contribution is 2.40. The Morgan fingerprint density at radius 1 is 1.12 bits per heavy atom. The Bertz CT molecular complexity index is 1270. The van der Waals surface area contributed by atoms with Crippen molar-refractivity contribution < 1.29 is 45.8 Å². The fraction of sp³-hybridized carbons (Fsp3) is 0.379. The monoisotopic (exact) mass is 571 g/mol. The molecule has 0 aliphatic rings. The van der Waals surface area contributed by atoms with E-state index in [9.17, 15) is 32.3 Å². The Labute approximate surface area is 228 Å². The summed E-state index contributed by atoms with van der Waals surface area (Å²) >= 11 is 0. The third-order valence-electron chi connectivity index (χ3n) is 5.86. The second-order valence-corrected chi connectivity index (χ2v) is 9.20. The fourth-order valence-corrected chi connectivity index (χ4v) is 4.12. The number of halogens is 6. The van der Waals surface area contributed by atoms with Crippen molar-refractivity contribution in [3.05, 3.63) is 82.7 Å². The van der Waals surface area contributed by atoms with Crippen molar-refractivity contribution in [3.63, 3.8) is 0 Å². The van der Waals surface area contributed by atoms with Crippen LogP contribution < -0.4 is 5.32 Å². The topological polar surface area (TPSA) is 75.6 Å². The number of hydrogen-bond acceptors (Lipinski definition) is 4. The number of carbonyl (C=O) groups is 2. The fourth-order valence-electron chi connectivity index (χ4n) is 4.12. The molecule has 0 saturated heterocycles. The summed E-state index contributed by atoms with van der Waals surface area (Å²) in [6, 6.07) is 1.01. The number of benzene rings is 2. The van der Waals surface area contributed by atoms with Gasteiger partial charge in [-0.15, -0.1) is 6.58 Å². The van der Waals surface area contributed by atoms with E-state index in [4.69, 9.17) is 4.74 Å². The van der Waals surface area contributed by atoms with Crippen LogP contribution in [0.1, 0.15) is 62.8 Å². The summed E-state index contributed by atoms with van der Waals surface area (Å²) in [5.41, 5.74) is -2.97. The predicted octanol–water partition coefficient (Wildman–Crippen LogP) is 6.74. The van der Waals surface area contributed by atoms with Crippen LogP contribution in [0.5, 0.6) is 0 Å².